The summed E-state index contributed by atoms with van der Waals surface area (Å²) in [6.45, 7) is 0. The molecule has 1 saturated heterocycles. The van der Waals surface area contributed by atoms with Crippen LogP contribution in [0.4, 0.5) is 5.69 Å². The number of carbonyl (C=O) groups is 2. The smallest absolute Gasteiger partial charge is 0.238 e. The summed E-state index contributed by atoms with van der Waals surface area (Å²) in [4.78, 5) is 27.7. The monoisotopic (exact) mass is 387 g/mol. The highest BCUT2D eigenvalue weighted by Crippen LogP contribution is 2.65. The molecule has 0 unspecified atom stereocenters. The van der Waals surface area contributed by atoms with Crippen LogP contribution >= 0.6 is 0 Å². The first-order chi connectivity index (χ1) is 14.2. The molecule has 5 nitrogen and oxygen atoms in total. The summed E-state index contributed by atoms with van der Waals surface area (Å²) in [5.74, 6) is 3.42. The number of rotatable bonds is 4. The topological polar surface area (TPSA) is 55.8 Å². The number of carbonyl (C=O) groups excluding carboxylic acids is 2. The second-order valence-corrected chi connectivity index (χ2v) is 8.44. The van der Waals surface area contributed by atoms with Crippen molar-refractivity contribution in [2.75, 3.05) is 12.0 Å². The standard InChI is InChI=1S/C24H21NO4/c1-28-14-6-8-16(9-7-14)29-15-4-2-13(3-5-15)25-23(26)21-17-10-11-18(20-12-19(17)20)22(21)24(25)27/h2-11,17-22H,12H2,1H3/t17-,18+,19-,20-,21+,22+/m1/s1. The summed E-state index contributed by atoms with van der Waals surface area (Å²) in [7, 11) is 1.62. The van der Waals surface area contributed by atoms with E-state index in [2.05, 4.69) is 12.2 Å². The SMILES string of the molecule is COc1ccc(Oc2ccc(N3C(=O)[C@H]4[C@@H]5C=C[C@@H]([C@H]6C[C@H]56)[C@@H]4C3=O)cc2)cc1. The van der Waals surface area contributed by atoms with E-state index >= 15 is 0 Å². The number of hydrogen-bond acceptors (Lipinski definition) is 4. The molecule has 2 amide bonds. The maximum Gasteiger partial charge on any atom is 0.238 e. The van der Waals surface area contributed by atoms with Crippen molar-refractivity contribution in [3.8, 4) is 17.2 Å². The molecule has 3 fully saturated rings. The quantitative estimate of drug-likeness (QED) is 0.587. The number of nitrogens with zero attached hydrogens (tertiary/aromatic N) is 1. The second-order valence-electron chi connectivity index (χ2n) is 8.44. The second kappa shape index (κ2) is 5.96. The lowest BCUT2D eigenvalue weighted by Gasteiger charge is -2.37. The Kier molecular flexibility index (Phi) is 3.46. The Morgan fingerprint density at radius 2 is 1.24 bits per heavy atom. The van der Waals surface area contributed by atoms with Gasteiger partial charge in [0.2, 0.25) is 11.8 Å². The number of benzene rings is 2. The Hall–Kier alpha value is -3.08. The molecule has 2 aromatic rings. The Morgan fingerprint density at radius 1 is 0.759 bits per heavy atom. The van der Waals surface area contributed by atoms with E-state index in [9.17, 15) is 9.59 Å². The molecule has 7 rings (SSSR count). The van der Waals surface area contributed by atoms with Crippen molar-refractivity contribution < 1.29 is 19.1 Å². The van der Waals surface area contributed by atoms with Crippen molar-refractivity contribution in [3.63, 3.8) is 0 Å². The Balaban J connectivity index is 1.23. The number of anilines is 1. The number of amides is 2. The van der Waals surface area contributed by atoms with E-state index in [1.54, 1.807) is 31.4 Å². The molecule has 0 aromatic heterocycles. The van der Waals surface area contributed by atoms with Gasteiger partial charge >= 0.3 is 0 Å². The van der Waals surface area contributed by atoms with Crippen molar-refractivity contribution >= 4 is 17.5 Å². The summed E-state index contributed by atoms with van der Waals surface area (Å²) in [5, 5.41) is 0. The third kappa shape index (κ3) is 2.40. The van der Waals surface area contributed by atoms with Crippen LogP contribution < -0.4 is 14.4 Å². The van der Waals surface area contributed by atoms with Crippen LogP contribution in [-0.4, -0.2) is 18.9 Å². The van der Waals surface area contributed by atoms with Crippen LogP contribution in [-0.2, 0) is 9.59 Å². The molecule has 4 aliphatic carbocycles. The Bertz CT molecular complexity index is 990. The third-order valence-corrected chi connectivity index (χ3v) is 7.05. The highest BCUT2D eigenvalue weighted by Gasteiger charge is 2.67. The van der Waals surface area contributed by atoms with Gasteiger partial charge in [-0.25, -0.2) is 0 Å². The molecule has 0 N–H and O–H groups in total. The number of imide groups is 1. The summed E-state index contributed by atoms with van der Waals surface area (Å²) in [6.07, 6.45) is 5.56. The van der Waals surface area contributed by atoms with Crippen molar-refractivity contribution in [2.24, 2.45) is 35.5 Å². The van der Waals surface area contributed by atoms with Gasteiger partial charge in [0.15, 0.2) is 0 Å². The Morgan fingerprint density at radius 3 is 1.76 bits per heavy atom. The zero-order valence-corrected chi connectivity index (χ0v) is 16.0. The van der Waals surface area contributed by atoms with Gasteiger partial charge in [0.05, 0.1) is 24.6 Å². The van der Waals surface area contributed by atoms with Crippen LogP contribution in [0.1, 0.15) is 6.42 Å². The summed E-state index contributed by atoms with van der Waals surface area (Å²) in [6, 6.07) is 14.5. The molecule has 2 aromatic carbocycles. The molecule has 2 saturated carbocycles. The molecule has 5 heteroatoms. The number of hydrogen-bond donors (Lipinski definition) is 0. The van der Waals surface area contributed by atoms with Crippen LogP contribution in [0.15, 0.2) is 60.7 Å². The lowest BCUT2D eigenvalue weighted by molar-refractivity contribution is -0.124. The van der Waals surface area contributed by atoms with E-state index in [1.807, 2.05) is 24.3 Å². The molecule has 6 atom stereocenters. The van der Waals surface area contributed by atoms with Gasteiger partial charge in [0.1, 0.15) is 17.2 Å². The molecule has 1 aliphatic heterocycles. The minimum absolute atomic E-state index is 0.0338. The lowest BCUT2D eigenvalue weighted by atomic mass is 9.63. The van der Waals surface area contributed by atoms with Crippen molar-refractivity contribution in [1.29, 1.82) is 0 Å². The minimum atomic E-state index is -0.170. The van der Waals surface area contributed by atoms with E-state index in [1.165, 1.54) is 11.3 Å². The molecule has 5 aliphatic rings. The van der Waals surface area contributed by atoms with Gasteiger partial charge in [-0.1, -0.05) is 12.2 Å². The van der Waals surface area contributed by atoms with E-state index in [0.717, 1.165) is 5.75 Å². The van der Waals surface area contributed by atoms with Crippen LogP contribution in [0.2, 0.25) is 0 Å². The van der Waals surface area contributed by atoms with E-state index in [-0.39, 0.29) is 35.5 Å². The highest BCUT2D eigenvalue weighted by atomic mass is 16.5. The average Bonchev–Trinajstić information content (AvgIpc) is 3.53. The van der Waals surface area contributed by atoms with Crippen LogP contribution in [0.3, 0.4) is 0 Å². The van der Waals surface area contributed by atoms with E-state index in [0.29, 0.717) is 29.0 Å². The van der Waals surface area contributed by atoms with Gasteiger partial charge < -0.3 is 9.47 Å². The number of ether oxygens (including phenoxy) is 2. The molecule has 2 bridgehead atoms. The molecule has 1 heterocycles. The van der Waals surface area contributed by atoms with Crippen LogP contribution in [0, 0.1) is 35.5 Å². The first-order valence-corrected chi connectivity index (χ1v) is 10.1. The molecular weight excluding hydrogens is 366 g/mol. The van der Waals surface area contributed by atoms with Crippen LogP contribution in [0.25, 0.3) is 0 Å². The first-order valence-electron chi connectivity index (χ1n) is 10.1. The number of allylic oxidation sites excluding steroid dienone is 2. The zero-order chi connectivity index (χ0) is 19.7. The lowest BCUT2D eigenvalue weighted by Crippen LogP contribution is -2.40. The first kappa shape index (κ1) is 16.8. The van der Waals surface area contributed by atoms with Gasteiger partial charge in [-0.15, -0.1) is 0 Å². The minimum Gasteiger partial charge on any atom is -0.497 e. The number of methoxy groups -OCH3 is 1. The predicted molar refractivity (Wildman–Crippen MR) is 107 cm³/mol. The predicted octanol–water partition coefficient (Wildman–Crippen LogP) is 4.05. The van der Waals surface area contributed by atoms with E-state index in [4.69, 9.17) is 9.47 Å². The van der Waals surface area contributed by atoms with Crippen molar-refractivity contribution in [3.05, 3.63) is 60.7 Å². The molecular formula is C24H21NO4. The van der Waals surface area contributed by atoms with Gasteiger partial charge in [-0.2, -0.15) is 0 Å². The third-order valence-electron chi connectivity index (χ3n) is 7.05. The molecule has 0 radical (unpaired) electrons. The average molecular weight is 387 g/mol. The summed E-state index contributed by atoms with van der Waals surface area (Å²) < 4.78 is 11.0. The molecule has 0 spiro atoms. The van der Waals surface area contributed by atoms with Crippen molar-refractivity contribution in [2.45, 2.75) is 6.42 Å². The molecule has 29 heavy (non-hydrogen) atoms. The van der Waals surface area contributed by atoms with Gasteiger partial charge in [0.25, 0.3) is 0 Å². The van der Waals surface area contributed by atoms with Gasteiger partial charge in [-0.3, -0.25) is 14.5 Å². The maximum absolute atomic E-state index is 13.2. The molecule has 146 valence electrons. The van der Waals surface area contributed by atoms with Crippen molar-refractivity contribution in [1.82, 2.24) is 0 Å². The van der Waals surface area contributed by atoms with Crippen LogP contribution in [0.5, 0.6) is 17.2 Å². The van der Waals surface area contributed by atoms with E-state index < -0.39 is 0 Å². The normalized spacial score (nSPS) is 33.5. The van der Waals surface area contributed by atoms with Gasteiger partial charge in [0, 0.05) is 0 Å². The zero-order valence-electron chi connectivity index (χ0n) is 16.0. The largest absolute Gasteiger partial charge is 0.497 e. The van der Waals surface area contributed by atoms with Gasteiger partial charge in [-0.05, 0) is 78.6 Å². The fraction of sp³-hybridized carbons (Fsp3) is 0.333. The summed E-state index contributed by atoms with van der Waals surface area (Å²) in [5.41, 5.74) is 0.629. The fourth-order valence-electron chi connectivity index (χ4n) is 5.65. The fourth-order valence-corrected chi connectivity index (χ4v) is 5.65. The Labute approximate surface area is 168 Å². The summed E-state index contributed by atoms with van der Waals surface area (Å²) >= 11 is 0. The highest BCUT2D eigenvalue weighted by molar-refractivity contribution is 6.22. The maximum atomic E-state index is 13.2.